The van der Waals surface area contributed by atoms with Gasteiger partial charge in [0.05, 0.1) is 21.8 Å². The smallest absolute Gasteiger partial charge is 0.355 e. The summed E-state index contributed by atoms with van der Waals surface area (Å²) in [6.07, 6.45) is 6.56. The quantitative estimate of drug-likeness (QED) is 0.281. The van der Waals surface area contributed by atoms with Crippen LogP contribution in [0.1, 0.15) is 27.7 Å². The van der Waals surface area contributed by atoms with E-state index < -0.39 is 11.5 Å². The maximum atomic E-state index is 15.0. The number of fused-ring (bicyclic) bond motifs is 1. The SMILES string of the molecule is C=CC(=O)N1CCN(c2nc(=O)n(C(/C=C\C)=C(/C=C)C(C)C)c3nc(-c4cc(O)ccc4F)c(Cl)cc23)[C@@H](C)C1. The zero-order chi connectivity index (χ0) is 30.0. The summed E-state index contributed by atoms with van der Waals surface area (Å²) < 4.78 is 16.4. The molecule has 4 rings (SSSR count). The molecule has 1 N–H and O–H groups in total. The second-order valence-electron chi connectivity index (χ2n) is 10.1. The fourth-order valence-corrected chi connectivity index (χ4v) is 5.37. The summed E-state index contributed by atoms with van der Waals surface area (Å²) in [6, 6.07) is 5.03. The largest absolute Gasteiger partial charge is 0.508 e. The molecule has 0 spiro atoms. The van der Waals surface area contributed by atoms with E-state index >= 15 is 0 Å². The lowest BCUT2D eigenvalue weighted by Gasteiger charge is -2.40. The van der Waals surface area contributed by atoms with Gasteiger partial charge in [0.1, 0.15) is 17.4 Å². The standard InChI is InChI=1S/C31H33ClFN5O3/c1-7-10-26(21(8-2)18(4)5)38-30-23(16-24(32)28(34-30)22-15-20(39)11-12-25(22)33)29(35-31(38)41)37-14-13-36(17-19(37)6)27(40)9-3/h7-12,15-16,18-19,39H,2-3,13-14,17H2,1,4-6H3/b10-7-,26-21-/t19-/m0/s1. The van der Waals surface area contributed by atoms with Gasteiger partial charge in [0.25, 0.3) is 0 Å². The number of benzene rings is 1. The molecule has 8 nitrogen and oxygen atoms in total. The van der Waals surface area contributed by atoms with Gasteiger partial charge in [-0.15, -0.1) is 0 Å². The van der Waals surface area contributed by atoms with Gasteiger partial charge in [0, 0.05) is 31.2 Å². The summed E-state index contributed by atoms with van der Waals surface area (Å²) in [5.74, 6) is -0.586. The number of piperazine rings is 1. The molecule has 0 saturated carbocycles. The third-order valence-corrected chi connectivity index (χ3v) is 7.38. The lowest BCUT2D eigenvalue weighted by molar-refractivity contribution is -0.126. The molecule has 0 unspecified atom stereocenters. The van der Waals surface area contributed by atoms with Crippen LogP contribution in [0.4, 0.5) is 10.2 Å². The van der Waals surface area contributed by atoms with Crippen molar-refractivity contribution in [2.45, 2.75) is 33.7 Å². The molecule has 1 atom stereocenters. The van der Waals surface area contributed by atoms with E-state index in [1.807, 2.05) is 32.6 Å². The molecular weight excluding hydrogens is 545 g/mol. The van der Waals surface area contributed by atoms with E-state index in [0.717, 1.165) is 11.6 Å². The predicted molar refractivity (Wildman–Crippen MR) is 163 cm³/mol. The topological polar surface area (TPSA) is 91.6 Å². The number of aromatic nitrogens is 3. The Hall–Kier alpha value is -4.24. The number of pyridine rings is 1. The number of hydrogen-bond donors (Lipinski definition) is 1. The van der Waals surface area contributed by atoms with Gasteiger partial charge in [-0.1, -0.05) is 50.8 Å². The van der Waals surface area contributed by atoms with Gasteiger partial charge in [-0.3, -0.25) is 4.79 Å². The van der Waals surface area contributed by atoms with E-state index in [0.29, 0.717) is 36.5 Å². The highest BCUT2D eigenvalue weighted by molar-refractivity contribution is 6.34. The summed E-state index contributed by atoms with van der Waals surface area (Å²) in [4.78, 5) is 39.0. The first-order chi connectivity index (χ1) is 19.5. The molecule has 1 saturated heterocycles. The van der Waals surface area contributed by atoms with Crippen LogP contribution in [0.15, 0.2) is 72.1 Å². The van der Waals surface area contributed by atoms with E-state index in [4.69, 9.17) is 16.6 Å². The van der Waals surface area contributed by atoms with Crippen molar-refractivity contribution in [1.82, 2.24) is 19.4 Å². The second-order valence-corrected chi connectivity index (χ2v) is 10.5. The Kier molecular flexibility index (Phi) is 8.77. The zero-order valence-corrected chi connectivity index (χ0v) is 24.3. The normalized spacial score (nSPS) is 16.4. The van der Waals surface area contributed by atoms with Crippen molar-refractivity contribution >= 4 is 40.1 Å². The molecule has 1 amide bonds. The molecule has 2 aromatic heterocycles. The number of phenolic OH excluding ortho intramolecular Hbond substituents is 1. The van der Waals surface area contributed by atoms with Crippen LogP contribution < -0.4 is 10.6 Å². The average molecular weight is 578 g/mol. The van der Waals surface area contributed by atoms with Crippen molar-refractivity contribution in [3.8, 4) is 17.0 Å². The van der Waals surface area contributed by atoms with Gasteiger partial charge in [-0.25, -0.2) is 18.7 Å². The third kappa shape index (κ3) is 5.67. The molecule has 1 aliphatic rings. The number of anilines is 1. The molecule has 1 aliphatic heterocycles. The Morgan fingerprint density at radius 1 is 1.20 bits per heavy atom. The number of carbonyl (C=O) groups excluding carboxylic acids is 1. The molecule has 10 heteroatoms. The highest BCUT2D eigenvalue weighted by atomic mass is 35.5. The number of halogens is 2. The van der Waals surface area contributed by atoms with Crippen molar-refractivity contribution < 1.29 is 14.3 Å². The lowest BCUT2D eigenvalue weighted by atomic mass is 10.00. The lowest BCUT2D eigenvalue weighted by Crippen LogP contribution is -2.54. The van der Waals surface area contributed by atoms with Crippen molar-refractivity contribution in [2.24, 2.45) is 5.92 Å². The Labute approximate surface area is 243 Å². The Bertz CT molecular complexity index is 1660. The monoisotopic (exact) mass is 577 g/mol. The number of amides is 1. The van der Waals surface area contributed by atoms with Crippen LogP contribution in [0, 0.1) is 11.7 Å². The molecule has 1 aromatic carbocycles. The second kappa shape index (κ2) is 12.1. The highest BCUT2D eigenvalue weighted by Crippen LogP contribution is 2.36. The van der Waals surface area contributed by atoms with Gasteiger partial charge in [-0.2, -0.15) is 4.98 Å². The molecule has 41 heavy (non-hydrogen) atoms. The molecule has 3 aromatic rings. The van der Waals surface area contributed by atoms with Crippen LogP contribution in [-0.2, 0) is 4.79 Å². The molecule has 0 bridgehead atoms. The van der Waals surface area contributed by atoms with E-state index in [1.165, 1.54) is 22.8 Å². The molecular formula is C31H33ClFN5O3. The number of nitrogens with zero attached hydrogens (tertiary/aromatic N) is 5. The van der Waals surface area contributed by atoms with Crippen LogP contribution >= 0.6 is 11.6 Å². The molecule has 0 radical (unpaired) electrons. The predicted octanol–water partition coefficient (Wildman–Crippen LogP) is 5.81. The third-order valence-electron chi connectivity index (χ3n) is 7.10. The summed E-state index contributed by atoms with van der Waals surface area (Å²) in [5, 5.41) is 10.7. The molecule has 3 heterocycles. The summed E-state index contributed by atoms with van der Waals surface area (Å²) in [6.45, 7) is 16.5. The minimum Gasteiger partial charge on any atom is -0.508 e. The maximum absolute atomic E-state index is 15.0. The number of carbonyl (C=O) groups is 1. The van der Waals surface area contributed by atoms with Crippen molar-refractivity contribution in [3.63, 3.8) is 0 Å². The Morgan fingerprint density at radius 2 is 1.93 bits per heavy atom. The van der Waals surface area contributed by atoms with Crippen LogP contribution in [-0.4, -0.2) is 56.1 Å². The van der Waals surface area contributed by atoms with E-state index in [9.17, 15) is 19.1 Å². The van der Waals surface area contributed by atoms with Crippen LogP contribution in [0.25, 0.3) is 28.0 Å². The van der Waals surface area contributed by atoms with E-state index in [-0.39, 0.29) is 45.5 Å². The van der Waals surface area contributed by atoms with Gasteiger partial charge in [0.2, 0.25) is 5.91 Å². The Morgan fingerprint density at radius 3 is 2.54 bits per heavy atom. The van der Waals surface area contributed by atoms with Crippen molar-refractivity contribution in [3.05, 3.63) is 88.6 Å². The summed E-state index contributed by atoms with van der Waals surface area (Å²) in [7, 11) is 0. The number of phenols is 1. The van der Waals surface area contributed by atoms with Crippen molar-refractivity contribution in [2.75, 3.05) is 24.5 Å². The number of hydrogen-bond acceptors (Lipinski definition) is 6. The van der Waals surface area contributed by atoms with E-state index in [2.05, 4.69) is 18.1 Å². The van der Waals surface area contributed by atoms with Gasteiger partial charge in [0.15, 0.2) is 5.65 Å². The average Bonchev–Trinajstić information content (AvgIpc) is 2.93. The van der Waals surface area contributed by atoms with E-state index in [1.54, 1.807) is 29.2 Å². The summed E-state index contributed by atoms with van der Waals surface area (Å²) in [5.41, 5.74) is 0.993. The minimum atomic E-state index is -0.630. The minimum absolute atomic E-state index is 0.00566. The molecule has 214 valence electrons. The van der Waals surface area contributed by atoms with Gasteiger partial charge in [-0.05, 0) is 61.8 Å². The fourth-order valence-electron chi connectivity index (χ4n) is 5.12. The first-order valence-corrected chi connectivity index (χ1v) is 13.7. The van der Waals surface area contributed by atoms with Gasteiger partial charge >= 0.3 is 5.69 Å². The maximum Gasteiger partial charge on any atom is 0.355 e. The van der Waals surface area contributed by atoms with Crippen molar-refractivity contribution in [1.29, 1.82) is 0 Å². The van der Waals surface area contributed by atoms with Crippen LogP contribution in [0.2, 0.25) is 5.02 Å². The fraction of sp³-hybridized carbons (Fsp3) is 0.290. The highest BCUT2D eigenvalue weighted by Gasteiger charge is 2.30. The first-order valence-electron chi connectivity index (χ1n) is 13.3. The van der Waals surface area contributed by atoms with Gasteiger partial charge < -0.3 is 14.9 Å². The Balaban J connectivity index is 2.08. The zero-order valence-electron chi connectivity index (χ0n) is 23.6. The number of rotatable bonds is 7. The summed E-state index contributed by atoms with van der Waals surface area (Å²) >= 11 is 6.72. The number of aromatic hydroxyl groups is 1. The van der Waals surface area contributed by atoms with Crippen LogP contribution in [0.3, 0.4) is 0 Å². The molecule has 1 fully saturated rings. The number of allylic oxidation sites excluding steroid dienone is 5. The van der Waals surface area contributed by atoms with Crippen LogP contribution in [0.5, 0.6) is 5.75 Å². The first kappa shape index (κ1) is 29.7. The molecule has 0 aliphatic carbocycles.